The minimum absolute atomic E-state index is 0.360. The molecular formula is C17H20N2O2. The van der Waals surface area contributed by atoms with Crippen molar-refractivity contribution >= 4 is 11.6 Å². The molecule has 21 heavy (non-hydrogen) atoms. The van der Waals surface area contributed by atoms with Crippen molar-refractivity contribution in [1.29, 1.82) is 0 Å². The molecule has 0 aliphatic heterocycles. The van der Waals surface area contributed by atoms with Crippen LogP contribution in [0.2, 0.25) is 0 Å². The van der Waals surface area contributed by atoms with Crippen LogP contribution in [0, 0.1) is 0 Å². The standard InChI is InChI=1S/C17H20N2O2/c20-16(14-8-3-1-4-9-14)17(21)19-13-7-12-18-15-10-5-2-6-11-15/h1-6,8-11,16,18,20H,7,12-13H2,(H,19,21). The zero-order chi connectivity index (χ0) is 14.9. The van der Waals surface area contributed by atoms with Crippen molar-refractivity contribution in [3.63, 3.8) is 0 Å². The summed E-state index contributed by atoms with van der Waals surface area (Å²) in [7, 11) is 0. The summed E-state index contributed by atoms with van der Waals surface area (Å²) < 4.78 is 0. The van der Waals surface area contributed by atoms with E-state index >= 15 is 0 Å². The third kappa shape index (κ3) is 4.93. The Bertz CT molecular complexity index is 543. The van der Waals surface area contributed by atoms with E-state index in [1.807, 2.05) is 36.4 Å². The Morgan fingerprint density at radius 2 is 1.57 bits per heavy atom. The monoisotopic (exact) mass is 284 g/mol. The zero-order valence-corrected chi connectivity index (χ0v) is 11.8. The Morgan fingerprint density at radius 1 is 0.952 bits per heavy atom. The van der Waals surface area contributed by atoms with Crippen LogP contribution in [0.4, 0.5) is 5.69 Å². The molecule has 0 bridgehead atoms. The number of nitrogens with one attached hydrogen (secondary N) is 2. The molecule has 0 saturated carbocycles. The van der Waals surface area contributed by atoms with E-state index in [0.29, 0.717) is 12.1 Å². The maximum Gasteiger partial charge on any atom is 0.253 e. The molecule has 1 unspecified atom stereocenters. The molecule has 2 rings (SSSR count). The summed E-state index contributed by atoms with van der Waals surface area (Å²) in [4.78, 5) is 11.8. The van der Waals surface area contributed by atoms with Crippen molar-refractivity contribution in [3.8, 4) is 0 Å². The Kier molecular flexibility index (Phi) is 5.79. The maximum atomic E-state index is 11.8. The number of aliphatic hydroxyl groups excluding tert-OH is 1. The largest absolute Gasteiger partial charge is 0.385 e. The molecule has 4 nitrogen and oxygen atoms in total. The second kappa shape index (κ2) is 8.07. The van der Waals surface area contributed by atoms with Crippen LogP contribution in [-0.2, 0) is 4.79 Å². The highest BCUT2D eigenvalue weighted by Crippen LogP contribution is 2.11. The molecule has 0 aromatic heterocycles. The van der Waals surface area contributed by atoms with E-state index < -0.39 is 6.10 Å². The van der Waals surface area contributed by atoms with Crippen LogP contribution in [-0.4, -0.2) is 24.1 Å². The Labute approximate surface area is 124 Å². The molecule has 0 spiro atoms. The number of hydrogen-bond acceptors (Lipinski definition) is 3. The first kappa shape index (κ1) is 15.1. The number of amides is 1. The van der Waals surface area contributed by atoms with Gasteiger partial charge in [-0.05, 0) is 24.1 Å². The van der Waals surface area contributed by atoms with Gasteiger partial charge in [0.25, 0.3) is 5.91 Å². The molecular weight excluding hydrogens is 264 g/mol. The van der Waals surface area contributed by atoms with Crippen molar-refractivity contribution in [2.24, 2.45) is 0 Å². The average molecular weight is 284 g/mol. The molecule has 0 aliphatic rings. The topological polar surface area (TPSA) is 61.4 Å². The van der Waals surface area contributed by atoms with Gasteiger partial charge in [-0.25, -0.2) is 0 Å². The number of aliphatic hydroxyl groups is 1. The lowest BCUT2D eigenvalue weighted by Gasteiger charge is -2.12. The first-order chi connectivity index (χ1) is 10.3. The molecule has 1 atom stereocenters. The molecule has 4 heteroatoms. The minimum Gasteiger partial charge on any atom is -0.385 e. The number of carbonyl (C=O) groups is 1. The number of carbonyl (C=O) groups excluding carboxylic acids is 1. The van der Waals surface area contributed by atoms with E-state index in [1.54, 1.807) is 24.3 Å². The Balaban J connectivity index is 1.65. The van der Waals surface area contributed by atoms with E-state index in [9.17, 15) is 9.90 Å². The molecule has 110 valence electrons. The van der Waals surface area contributed by atoms with E-state index in [0.717, 1.165) is 18.7 Å². The van der Waals surface area contributed by atoms with Crippen LogP contribution < -0.4 is 10.6 Å². The van der Waals surface area contributed by atoms with E-state index in [1.165, 1.54) is 0 Å². The van der Waals surface area contributed by atoms with E-state index in [4.69, 9.17) is 0 Å². The first-order valence-electron chi connectivity index (χ1n) is 7.07. The number of anilines is 1. The van der Waals surface area contributed by atoms with E-state index in [2.05, 4.69) is 10.6 Å². The number of para-hydroxylation sites is 1. The predicted molar refractivity (Wildman–Crippen MR) is 84.0 cm³/mol. The second-order valence-corrected chi connectivity index (χ2v) is 4.75. The van der Waals surface area contributed by atoms with Crippen LogP contribution in [0.3, 0.4) is 0 Å². The smallest absolute Gasteiger partial charge is 0.253 e. The predicted octanol–water partition coefficient (Wildman–Crippen LogP) is 2.34. The second-order valence-electron chi connectivity index (χ2n) is 4.75. The molecule has 2 aromatic carbocycles. The molecule has 3 N–H and O–H groups in total. The van der Waals surface area contributed by atoms with Crippen molar-refractivity contribution in [3.05, 3.63) is 66.2 Å². The van der Waals surface area contributed by atoms with Gasteiger partial charge in [0.2, 0.25) is 0 Å². The Morgan fingerprint density at radius 3 is 2.24 bits per heavy atom. The molecule has 0 radical (unpaired) electrons. The lowest BCUT2D eigenvalue weighted by molar-refractivity contribution is -0.129. The summed E-state index contributed by atoms with van der Waals surface area (Å²) in [6.45, 7) is 1.30. The molecule has 0 aliphatic carbocycles. The summed E-state index contributed by atoms with van der Waals surface area (Å²) in [6, 6.07) is 18.8. The number of hydrogen-bond donors (Lipinski definition) is 3. The fraction of sp³-hybridized carbons (Fsp3) is 0.235. The van der Waals surface area contributed by atoms with Crippen LogP contribution >= 0.6 is 0 Å². The molecule has 2 aromatic rings. The lowest BCUT2D eigenvalue weighted by Crippen LogP contribution is -2.30. The molecule has 0 fully saturated rings. The van der Waals surface area contributed by atoms with E-state index in [-0.39, 0.29) is 5.91 Å². The SMILES string of the molecule is O=C(NCCCNc1ccccc1)C(O)c1ccccc1. The van der Waals surface area contributed by atoms with Crippen LogP contribution in [0.5, 0.6) is 0 Å². The van der Waals surface area contributed by atoms with Gasteiger partial charge in [-0.3, -0.25) is 4.79 Å². The normalized spacial score (nSPS) is 11.7. The van der Waals surface area contributed by atoms with Gasteiger partial charge < -0.3 is 15.7 Å². The van der Waals surface area contributed by atoms with Gasteiger partial charge in [0.05, 0.1) is 0 Å². The summed E-state index contributed by atoms with van der Waals surface area (Å²) in [5, 5.41) is 15.9. The highest BCUT2D eigenvalue weighted by atomic mass is 16.3. The molecule has 0 heterocycles. The molecule has 1 amide bonds. The Hall–Kier alpha value is -2.33. The maximum absolute atomic E-state index is 11.8. The first-order valence-corrected chi connectivity index (χ1v) is 7.07. The minimum atomic E-state index is -1.10. The highest BCUT2D eigenvalue weighted by Gasteiger charge is 2.15. The van der Waals surface area contributed by atoms with Gasteiger partial charge in [0.15, 0.2) is 6.10 Å². The lowest BCUT2D eigenvalue weighted by atomic mass is 10.1. The number of benzene rings is 2. The van der Waals surface area contributed by atoms with Gasteiger partial charge in [0.1, 0.15) is 0 Å². The average Bonchev–Trinajstić information content (AvgIpc) is 2.55. The number of rotatable bonds is 7. The molecule has 0 saturated heterocycles. The fourth-order valence-corrected chi connectivity index (χ4v) is 1.97. The van der Waals surface area contributed by atoms with Crippen LogP contribution in [0.15, 0.2) is 60.7 Å². The van der Waals surface area contributed by atoms with Gasteiger partial charge in [-0.1, -0.05) is 48.5 Å². The van der Waals surface area contributed by atoms with Gasteiger partial charge >= 0.3 is 0 Å². The quantitative estimate of drug-likeness (QED) is 0.684. The van der Waals surface area contributed by atoms with Crippen LogP contribution in [0.25, 0.3) is 0 Å². The summed E-state index contributed by atoms with van der Waals surface area (Å²) in [5.41, 5.74) is 1.67. The fourth-order valence-electron chi connectivity index (χ4n) is 1.97. The van der Waals surface area contributed by atoms with Gasteiger partial charge in [0, 0.05) is 18.8 Å². The summed E-state index contributed by atoms with van der Waals surface area (Å²) in [5.74, 6) is -0.360. The third-order valence-electron chi connectivity index (χ3n) is 3.12. The van der Waals surface area contributed by atoms with Crippen molar-refractivity contribution in [1.82, 2.24) is 5.32 Å². The third-order valence-corrected chi connectivity index (χ3v) is 3.12. The summed E-state index contributed by atoms with van der Waals surface area (Å²) >= 11 is 0. The van der Waals surface area contributed by atoms with Crippen molar-refractivity contribution in [2.75, 3.05) is 18.4 Å². The highest BCUT2D eigenvalue weighted by molar-refractivity contribution is 5.81. The van der Waals surface area contributed by atoms with Crippen LogP contribution in [0.1, 0.15) is 18.1 Å². The zero-order valence-electron chi connectivity index (χ0n) is 11.8. The van der Waals surface area contributed by atoms with Gasteiger partial charge in [-0.2, -0.15) is 0 Å². The van der Waals surface area contributed by atoms with Crippen molar-refractivity contribution in [2.45, 2.75) is 12.5 Å². The van der Waals surface area contributed by atoms with Gasteiger partial charge in [-0.15, -0.1) is 0 Å². The van der Waals surface area contributed by atoms with Crippen molar-refractivity contribution < 1.29 is 9.90 Å². The summed E-state index contributed by atoms with van der Waals surface area (Å²) in [6.07, 6.45) is -0.310.